The molecule has 0 aliphatic rings. The molecule has 0 amide bonds. The van der Waals surface area contributed by atoms with Gasteiger partial charge >= 0.3 is 0 Å². The fourth-order valence-corrected chi connectivity index (χ4v) is 3.73. The maximum absolute atomic E-state index is 4.54. The summed E-state index contributed by atoms with van der Waals surface area (Å²) in [6, 6.07) is 16.8. The largest absolute Gasteiger partial charge is 0.254 e. The summed E-state index contributed by atoms with van der Waals surface area (Å²) < 4.78 is 2.08. The molecule has 0 fully saturated rings. The van der Waals surface area contributed by atoms with E-state index in [4.69, 9.17) is 0 Å². The highest BCUT2D eigenvalue weighted by molar-refractivity contribution is 7.98. The summed E-state index contributed by atoms with van der Waals surface area (Å²) >= 11 is 3.48. The molecule has 0 bridgehead atoms. The Labute approximate surface area is 136 Å². The number of rotatable bonds is 4. The van der Waals surface area contributed by atoms with Crippen molar-refractivity contribution in [3.8, 4) is 0 Å². The average molecular weight is 326 g/mol. The van der Waals surface area contributed by atoms with Gasteiger partial charge in [-0.15, -0.1) is 16.9 Å². The van der Waals surface area contributed by atoms with Crippen molar-refractivity contribution < 1.29 is 0 Å². The number of aromatic nitrogens is 4. The topological polar surface area (TPSA) is 46.0 Å². The van der Waals surface area contributed by atoms with Crippen LogP contribution in [-0.4, -0.2) is 25.8 Å². The molecule has 0 saturated carbocycles. The van der Waals surface area contributed by atoms with E-state index in [1.807, 2.05) is 18.2 Å². The number of thioether (sulfide) groups is 2. The minimum absolute atomic E-state index is 0.793. The minimum atomic E-state index is 0.793. The Bertz CT molecular complexity index is 924. The maximum atomic E-state index is 4.54. The van der Waals surface area contributed by atoms with Crippen molar-refractivity contribution in [1.82, 2.24) is 19.6 Å². The lowest BCUT2D eigenvalue weighted by molar-refractivity contribution is 0.940. The smallest absolute Gasteiger partial charge is 0.231 e. The van der Waals surface area contributed by atoms with E-state index in [1.54, 1.807) is 23.5 Å². The third-order valence-electron chi connectivity index (χ3n) is 3.53. The molecule has 0 unspecified atom stereocenters. The quantitative estimate of drug-likeness (QED) is 0.570. The molecule has 2 aromatic carbocycles. The lowest BCUT2D eigenvalue weighted by Crippen LogP contribution is -1.87. The van der Waals surface area contributed by atoms with Gasteiger partial charge in [-0.3, -0.25) is 4.40 Å². The summed E-state index contributed by atoms with van der Waals surface area (Å²) in [4.78, 5) is 5.83. The second-order valence-corrected chi connectivity index (χ2v) is 6.72. The summed E-state index contributed by atoms with van der Waals surface area (Å²) in [6.07, 6.45) is 2.09. The van der Waals surface area contributed by atoms with E-state index >= 15 is 0 Å². The van der Waals surface area contributed by atoms with E-state index in [9.17, 15) is 0 Å². The highest BCUT2D eigenvalue weighted by Crippen LogP contribution is 2.26. The first-order valence-corrected chi connectivity index (χ1v) is 9.13. The Morgan fingerprint density at radius 2 is 1.91 bits per heavy atom. The predicted octanol–water partition coefficient (Wildman–Crippen LogP) is 4.22. The molecular weight excluding hydrogens is 312 g/mol. The first-order valence-electron chi connectivity index (χ1n) is 6.92. The Morgan fingerprint density at radius 1 is 1.09 bits per heavy atom. The zero-order valence-corrected chi connectivity index (χ0v) is 13.6. The van der Waals surface area contributed by atoms with Crippen LogP contribution in [0.4, 0.5) is 0 Å². The number of benzene rings is 2. The van der Waals surface area contributed by atoms with Crippen molar-refractivity contribution in [2.75, 3.05) is 6.26 Å². The summed E-state index contributed by atoms with van der Waals surface area (Å²) in [5.41, 5.74) is 3.37. The maximum Gasteiger partial charge on any atom is 0.231 e. The number of hydrogen-bond acceptors (Lipinski definition) is 4. The van der Waals surface area contributed by atoms with Gasteiger partial charge in [-0.25, -0.2) is 10.1 Å². The molecule has 1 N–H and O–H groups in total. The second-order valence-electron chi connectivity index (χ2n) is 4.90. The van der Waals surface area contributed by atoms with Crippen LogP contribution >= 0.6 is 23.5 Å². The first-order chi connectivity index (χ1) is 10.8. The molecular formula is C16H14N4S2. The molecule has 2 heterocycles. The van der Waals surface area contributed by atoms with Crippen molar-refractivity contribution in [3.63, 3.8) is 0 Å². The molecule has 4 rings (SSSR count). The number of aromatic amines is 1. The Kier molecular flexibility index (Phi) is 3.56. The Morgan fingerprint density at radius 3 is 2.73 bits per heavy atom. The van der Waals surface area contributed by atoms with Gasteiger partial charge in [0.25, 0.3) is 0 Å². The number of para-hydroxylation sites is 2. The van der Waals surface area contributed by atoms with E-state index < -0.39 is 0 Å². The average Bonchev–Trinajstić information content (AvgIpc) is 3.12. The first kappa shape index (κ1) is 13.7. The molecule has 6 heteroatoms. The number of imidazole rings is 1. The molecule has 22 heavy (non-hydrogen) atoms. The molecule has 2 aromatic heterocycles. The fraction of sp³-hybridized carbons (Fsp3) is 0.125. The minimum Gasteiger partial charge on any atom is -0.254 e. The number of H-pyrrole nitrogens is 1. The van der Waals surface area contributed by atoms with Crippen LogP contribution in [0.2, 0.25) is 0 Å². The number of nitrogens with zero attached hydrogens (tertiary/aromatic N) is 3. The van der Waals surface area contributed by atoms with Crippen LogP contribution in [0.5, 0.6) is 0 Å². The standard InChI is InChI=1S/C16H14N4S2/c1-21-12-8-6-11(7-9-12)10-22-16-19-18-15-17-13-4-2-3-5-14(13)20(15)16/h2-9H,10H2,1H3,(H,17,18). The predicted molar refractivity (Wildman–Crippen MR) is 92.6 cm³/mol. The van der Waals surface area contributed by atoms with Crippen molar-refractivity contribution in [2.24, 2.45) is 0 Å². The monoisotopic (exact) mass is 326 g/mol. The molecule has 0 atom stereocenters. The summed E-state index contributed by atoms with van der Waals surface area (Å²) in [5.74, 6) is 1.68. The van der Waals surface area contributed by atoms with Crippen LogP contribution in [0.25, 0.3) is 16.8 Å². The molecule has 0 spiro atoms. The van der Waals surface area contributed by atoms with Gasteiger partial charge in [-0.1, -0.05) is 36.0 Å². The van der Waals surface area contributed by atoms with Gasteiger partial charge in [0.1, 0.15) is 0 Å². The molecule has 0 aliphatic carbocycles. The zero-order valence-electron chi connectivity index (χ0n) is 12.0. The van der Waals surface area contributed by atoms with Gasteiger partial charge in [-0.2, -0.15) is 0 Å². The fourth-order valence-electron chi connectivity index (χ4n) is 2.41. The third kappa shape index (κ3) is 2.38. The van der Waals surface area contributed by atoms with Gasteiger partial charge in [0.05, 0.1) is 11.0 Å². The molecule has 110 valence electrons. The molecule has 0 saturated heterocycles. The number of nitrogens with one attached hydrogen (secondary N) is 1. The third-order valence-corrected chi connectivity index (χ3v) is 5.28. The lowest BCUT2D eigenvalue weighted by Gasteiger charge is -2.02. The Balaban J connectivity index is 1.63. The highest BCUT2D eigenvalue weighted by Gasteiger charge is 2.11. The van der Waals surface area contributed by atoms with Crippen LogP contribution < -0.4 is 0 Å². The second kappa shape index (κ2) is 5.70. The summed E-state index contributed by atoms with van der Waals surface area (Å²) in [7, 11) is 0. The lowest BCUT2D eigenvalue weighted by atomic mass is 10.2. The van der Waals surface area contributed by atoms with Crippen LogP contribution in [0.3, 0.4) is 0 Å². The van der Waals surface area contributed by atoms with E-state index in [1.165, 1.54) is 10.5 Å². The molecule has 0 aliphatic heterocycles. The van der Waals surface area contributed by atoms with Gasteiger partial charge in [-0.05, 0) is 36.1 Å². The van der Waals surface area contributed by atoms with Gasteiger partial charge in [0, 0.05) is 10.6 Å². The van der Waals surface area contributed by atoms with Gasteiger partial charge < -0.3 is 0 Å². The SMILES string of the molecule is CSc1ccc(CSc2n[nH]c3nc4ccccc4n23)cc1. The number of fused-ring (bicyclic) bond motifs is 3. The van der Waals surface area contributed by atoms with Crippen molar-refractivity contribution in [1.29, 1.82) is 0 Å². The van der Waals surface area contributed by atoms with Crippen molar-refractivity contribution >= 4 is 40.3 Å². The van der Waals surface area contributed by atoms with E-state index in [0.29, 0.717) is 0 Å². The zero-order chi connectivity index (χ0) is 14.9. The molecule has 4 aromatic rings. The Hall–Kier alpha value is -1.92. The van der Waals surface area contributed by atoms with Crippen LogP contribution in [-0.2, 0) is 5.75 Å². The van der Waals surface area contributed by atoms with Crippen LogP contribution in [0.1, 0.15) is 5.56 Å². The van der Waals surface area contributed by atoms with E-state index in [2.05, 4.69) is 56.2 Å². The van der Waals surface area contributed by atoms with E-state index in [0.717, 1.165) is 27.7 Å². The molecule has 4 nitrogen and oxygen atoms in total. The summed E-state index contributed by atoms with van der Waals surface area (Å²) in [5, 5.41) is 8.34. The molecule has 0 radical (unpaired) electrons. The van der Waals surface area contributed by atoms with E-state index in [-0.39, 0.29) is 0 Å². The number of hydrogen-bond donors (Lipinski definition) is 1. The van der Waals surface area contributed by atoms with Crippen molar-refractivity contribution in [2.45, 2.75) is 15.8 Å². The van der Waals surface area contributed by atoms with Crippen LogP contribution in [0, 0.1) is 0 Å². The van der Waals surface area contributed by atoms with Gasteiger partial charge in [0.15, 0.2) is 5.16 Å². The van der Waals surface area contributed by atoms with Crippen LogP contribution in [0.15, 0.2) is 58.6 Å². The highest BCUT2D eigenvalue weighted by atomic mass is 32.2. The van der Waals surface area contributed by atoms with Gasteiger partial charge in [0.2, 0.25) is 5.78 Å². The summed E-state index contributed by atoms with van der Waals surface area (Å²) in [6.45, 7) is 0. The van der Waals surface area contributed by atoms with Crippen molar-refractivity contribution in [3.05, 3.63) is 54.1 Å². The normalized spacial score (nSPS) is 11.5.